The number of nitrogens with two attached hydrogens (primary N) is 1. The number of rotatable bonds is 5. The molecule has 1 rings (SSSR count). The molecule has 1 fully saturated rings. The van der Waals surface area contributed by atoms with E-state index >= 15 is 0 Å². The molecule has 1 heterocycles. The molecule has 1 aliphatic rings. The van der Waals surface area contributed by atoms with E-state index in [2.05, 4.69) is 27.7 Å². The molecule has 0 radical (unpaired) electrons. The van der Waals surface area contributed by atoms with Gasteiger partial charge in [0.05, 0.1) is 0 Å². The molecular weight excluding hydrogens is 212 g/mol. The van der Waals surface area contributed by atoms with Gasteiger partial charge in [-0.05, 0) is 44.1 Å². The zero-order chi connectivity index (χ0) is 13.0. The van der Waals surface area contributed by atoms with E-state index in [9.17, 15) is 4.79 Å². The summed E-state index contributed by atoms with van der Waals surface area (Å²) in [5.41, 5.74) is 5.76. The summed E-state index contributed by atoms with van der Waals surface area (Å²) in [4.78, 5) is 14.3. The predicted molar refractivity (Wildman–Crippen MR) is 71.6 cm³/mol. The fourth-order valence-corrected chi connectivity index (χ4v) is 2.94. The first kappa shape index (κ1) is 14.5. The van der Waals surface area contributed by atoms with Gasteiger partial charge in [-0.3, -0.25) is 4.79 Å². The number of carbonyl (C=O) groups excluding carboxylic acids is 1. The smallest absolute Gasteiger partial charge is 0.223 e. The Morgan fingerprint density at radius 3 is 2.47 bits per heavy atom. The largest absolute Gasteiger partial charge is 0.340 e. The number of hydrogen-bond acceptors (Lipinski definition) is 2. The fraction of sp³-hybridized carbons (Fsp3) is 0.929. The molecule has 2 unspecified atom stereocenters. The Kier molecular flexibility index (Phi) is 5.44. The molecule has 3 heteroatoms. The molecule has 100 valence electrons. The van der Waals surface area contributed by atoms with Crippen LogP contribution < -0.4 is 5.73 Å². The molecular formula is C14H28N2O. The number of carbonyl (C=O) groups is 1. The lowest BCUT2D eigenvalue weighted by atomic mass is 9.93. The molecule has 0 spiro atoms. The van der Waals surface area contributed by atoms with E-state index in [1.165, 1.54) is 0 Å². The Morgan fingerprint density at radius 2 is 2.06 bits per heavy atom. The van der Waals surface area contributed by atoms with Gasteiger partial charge < -0.3 is 10.6 Å². The Hall–Kier alpha value is -0.570. The minimum absolute atomic E-state index is 0.304. The summed E-state index contributed by atoms with van der Waals surface area (Å²) in [6.45, 7) is 10.3. The topological polar surface area (TPSA) is 46.3 Å². The molecule has 3 nitrogen and oxygen atoms in total. The molecule has 0 bridgehead atoms. The van der Waals surface area contributed by atoms with Crippen LogP contribution in [0.25, 0.3) is 0 Å². The molecule has 0 aliphatic carbocycles. The maximum absolute atomic E-state index is 12.2. The highest BCUT2D eigenvalue weighted by Gasteiger charge is 2.30. The maximum atomic E-state index is 12.2. The van der Waals surface area contributed by atoms with Gasteiger partial charge in [-0.25, -0.2) is 0 Å². The average molecular weight is 240 g/mol. The van der Waals surface area contributed by atoms with E-state index in [0.29, 0.717) is 42.7 Å². The van der Waals surface area contributed by atoms with Crippen LogP contribution in [0.3, 0.4) is 0 Å². The van der Waals surface area contributed by atoms with Gasteiger partial charge in [0.25, 0.3) is 0 Å². The number of hydrogen-bond donors (Lipinski definition) is 1. The summed E-state index contributed by atoms with van der Waals surface area (Å²) < 4.78 is 0. The Balaban J connectivity index is 2.47. The van der Waals surface area contributed by atoms with E-state index in [4.69, 9.17) is 5.73 Å². The highest BCUT2D eigenvalue weighted by molar-refractivity contribution is 5.77. The van der Waals surface area contributed by atoms with Gasteiger partial charge in [-0.15, -0.1) is 0 Å². The summed E-state index contributed by atoms with van der Waals surface area (Å²) in [6, 6.07) is 0.412. The zero-order valence-corrected chi connectivity index (χ0v) is 11.8. The van der Waals surface area contributed by atoms with Crippen molar-refractivity contribution in [2.45, 2.75) is 53.0 Å². The molecule has 1 amide bonds. The van der Waals surface area contributed by atoms with Gasteiger partial charge in [-0.2, -0.15) is 0 Å². The third-order valence-electron chi connectivity index (χ3n) is 3.71. The van der Waals surface area contributed by atoms with Crippen LogP contribution in [0.1, 0.15) is 47.0 Å². The second-order valence-electron chi connectivity index (χ2n) is 6.17. The van der Waals surface area contributed by atoms with Crippen molar-refractivity contribution >= 4 is 5.91 Å². The van der Waals surface area contributed by atoms with Gasteiger partial charge in [-0.1, -0.05) is 20.8 Å². The van der Waals surface area contributed by atoms with Gasteiger partial charge in [0.1, 0.15) is 0 Å². The summed E-state index contributed by atoms with van der Waals surface area (Å²) in [5, 5.41) is 0. The van der Waals surface area contributed by atoms with E-state index in [1.807, 2.05) is 4.90 Å². The van der Waals surface area contributed by atoms with E-state index in [0.717, 1.165) is 19.4 Å². The second-order valence-corrected chi connectivity index (χ2v) is 6.17. The zero-order valence-electron chi connectivity index (χ0n) is 11.8. The normalized spacial score (nSPS) is 26.6. The summed E-state index contributed by atoms with van der Waals surface area (Å²) >= 11 is 0. The maximum Gasteiger partial charge on any atom is 0.223 e. The Bertz CT molecular complexity index is 253. The van der Waals surface area contributed by atoms with Crippen LogP contribution in [0.2, 0.25) is 0 Å². The molecule has 0 aromatic heterocycles. The van der Waals surface area contributed by atoms with Crippen molar-refractivity contribution in [2.24, 2.45) is 23.5 Å². The van der Waals surface area contributed by atoms with Crippen LogP contribution in [0, 0.1) is 17.8 Å². The van der Waals surface area contributed by atoms with Gasteiger partial charge in [0.15, 0.2) is 0 Å². The van der Waals surface area contributed by atoms with E-state index in [1.54, 1.807) is 0 Å². The van der Waals surface area contributed by atoms with Crippen molar-refractivity contribution in [1.29, 1.82) is 0 Å². The first-order valence-electron chi connectivity index (χ1n) is 6.93. The predicted octanol–water partition coefficient (Wildman–Crippen LogP) is 2.25. The van der Waals surface area contributed by atoms with Crippen LogP contribution >= 0.6 is 0 Å². The van der Waals surface area contributed by atoms with Crippen molar-refractivity contribution in [2.75, 3.05) is 13.1 Å². The van der Waals surface area contributed by atoms with Crippen LogP contribution in [-0.4, -0.2) is 29.9 Å². The molecule has 0 aromatic carbocycles. The second kappa shape index (κ2) is 6.39. The highest BCUT2D eigenvalue weighted by atomic mass is 16.2. The molecule has 17 heavy (non-hydrogen) atoms. The van der Waals surface area contributed by atoms with Crippen molar-refractivity contribution in [3.8, 4) is 0 Å². The lowest BCUT2D eigenvalue weighted by Crippen LogP contribution is -2.36. The molecule has 3 atom stereocenters. The minimum atomic E-state index is 0.304. The molecule has 1 saturated heterocycles. The quantitative estimate of drug-likeness (QED) is 0.801. The monoisotopic (exact) mass is 240 g/mol. The highest BCUT2D eigenvalue weighted by Crippen LogP contribution is 2.25. The Labute approximate surface area is 106 Å². The fourth-order valence-electron chi connectivity index (χ4n) is 2.94. The van der Waals surface area contributed by atoms with Crippen LogP contribution in [0.5, 0.6) is 0 Å². The third-order valence-corrected chi connectivity index (χ3v) is 3.71. The standard InChI is InChI=1S/C14H28N2O/c1-10(2)5-13(8-15)7-14(17)16-9-11(3)6-12(16)4/h10-13H,5-9,15H2,1-4H3/t11?,12?,13-/m0/s1. The number of amides is 1. The number of nitrogens with zero attached hydrogens (tertiary/aromatic N) is 1. The molecule has 2 N–H and O–H groups in total. The summed E-state index contributed by atoms with van der Waals surface area (Å²) in [5.74, 6) is 1.92. The third kappa shape index (κ3) is 4.30. The van der Waals surface area contributed by atoms with Crippen molar-refractivity contribution in [3.63, 3.8) is 0 Å². The van der Waals surface area contributed by atoms with Gasteiger partial charge in [0, 0.05) is 19.0 Å². The van der Waals surface area contributed by atoms with Crippen molar-refractivity contribution < 1.29 is 4.79 Å². The van der Waals surface area contributed by atoms with Crippen LogP contribution in [0.4, 0.5) is 0 Å². The summed E-state index contributed by atoms with van der Waals surface area (Å²) in [6.07, 6.45) is 2.83. The van der Waals surface area contributed by atoms with E-state index in [-0.39, 0.29) is 0 Å². The number of likely N-dealkylation sites (tertiary alicyclic amines) is 1. The lowest BCUT2D eigenvalue weighted by Gasteiger charge is -2.24. The first-order chi connectivity index (χ1) is 7.93. The van der Waals surface area contributed by atoms with Gasteiger partial charge >= 0.3 is 0 Å². The Morgan fingerprint density at radius 1 is 1.41 bits per heavy atom. The van der Waals surface area contributed by atoms with Crippen molar-refractivity contribution in [3.05, 3.63) is 0 Å². The van der Waals surface area contributed by atoms with Crippen LogP contribution in [-0.2, 0) is 4.79 Å². The molecule has 1 aliphatic heterocycles. The van der Waals surface area contributed by atoms with E-state index < -0.39 is 0 Å². The molecule has 0 aromatic rings. The average Bonchev–Trinajstić information content (AvgIpc) is 2.56. The lowest BCUT2D eigenvalue weighted by molar-refractivity contribution is -0.132. The van der Waals surface area contributed by atoms with Crippen LogP contribution in [0.15, 0.2) is 0 Å². The molecule has 0 saturated carbocycles. The SMILES string of the molecule is CC(C)C[C@H](CN)CC(=O)N1CC(C)CC1C. The van der Waals surface area contributed by atoms with Gasteiger partial charge in [0.2, 0.25) is 5.91 Å². The minimum Gasteiger partial charge on any atom is -0.340 e. The van der Waals surface area contributed by atoms with Crippen molar-refractivity contribution in [1.82, 2.24) is 4.90 Å². The first-order valence-corrected chi connectivity index (χ1v) is 6.93. The summed E-state index contributed by atoms with van der Waals surface area (Å²) in [7, 11) is 0.